The lowest BCUT2D eigenvalue weighted by atomic mass is 10.3. The van der Waals surface area contributed by atoms with E-state index in [9.17, 15) is 13.2 Å². The van der Waals surface area contributed by atoms with Crippen LogP contribution in [0.25, 0.3) is 5.52 Å². The van der Waals surface area contributed by atoms with Crippen LogP contribution in [-0.2, 0) is 21.4 Å². The first-order valence-corrected chi connectivity index (χ1v) is 7.82. The number of sulfonamides is 1. The maximum absolute atomic E-state index is 11.6. The molecule has 0 aliphatic heterocycles. The van der Waals surface area contributed by atoms with E-state index in [1.54, 1.807) is 4.52 Å². The molecule has 2 heterocycles. The number of hydrogen-bond donors (Lipinski definition) is 1. The molecule has 2 aromatic rings. The molecule has 1 N–H and O–H groups in total. The summed E-state index contributed by atoms with van der Waals surface area (Å²) >= 11 is 0. The summed E-state index contributed by atoms with van der Waals surface area (Å²) in [5.74, 6) is -0.366. The van der Waals surface area contributed by atoms with Crippen LogP contribution in [0.4, 0.5) is 0 Å². The molecule has 0 aliphatic rings. The van der Waals surface area contributed by atoms with Gasteiger partial charge in [0.15, 0.2) is 0 Å². The number of pyridine rings is 1. The number of nitrogens with zero attached hydrogens (tertiary/aromatic N) is 3. The molecule has 0 spiro atoms. The van der Waals surface area contributed by atoms with Crippen LogP contribution in [0.5, 0.6) is 0 Å². The van der Waals surface area contributed by atoms with Crippen molar-refractivity contribution in [3.63, 3.8) is 0 Å². The summed E-state index contributed by atoms with van der Waals surface area (Å²) in [6, 6.07) is 7.54. The molecule has 2 rings (SSSR count). The number of nitrogens with one attached hydrogen (secondary N) is 1. The predicted octanol–water partition coefficient (Wildman–Crippen LogP) is -0.158. The van der Waals surface area contributed by atoms with Crippen LogP contribution >= 0.6 is 0 Å². The SMILES string of the molecule is CN(CC(=O)NCc1cc2ccccn2n1)S(C)(=O)=O. The fraction of sp³-hybridized carbons (Fsp3) is 0.333. The van der Waals surface area contributed by atoms with Crippen molar-refractivity contribution in [1.29, 1.82) is 0 Å². The molecule has 7 nitrogen and oxygen atoms in total. The van der Waals surface area contributed by atoms with Crippen LogP contribution in [0.15, 0.2) is 30.5 Å². The zero-order valence-corrected chi connectivity index (χ0v) is 12.1. The minimum absolute atomic E-state index is 0.202. The van der Waals surface area contributed by atoms with Gasteiger partial charge in [0.05, 0.1) is 30.6 Å². The largest absolute Gasteiger partial charge is 0.349 e. The van der Waals surface area contributed by atoms with Gasteiger partial charge in [-0.2, -0.15) is 9.40 Å². The van der Waals surface area contributed by atoms with Gasteiger partial charge in [-0.15, -0.1) is 0 Å². The Hall–Kier alpha value is -1.93. The average molecular weight is 296 g/mol. The maximum atomic E-state index is 11.6. The van der Waals surface area contributed by atoms with Gasteiger partial charge in [-0.25, -0.2) is 12.9 Å². The number of hydrogen-bond acceptors (Lipinski definition) is 4. The highest BCUT2D eigenvalue weighted by Crippen LogP contribution is 2.05. The number of aromatic nitrogens is 2. The number of carbonyl (C=O) groups excluding carboxylic acids is 1. The van der Waals surface area contributed by atoms with E-state index in [1.165, 1.54) is 7.05 Å². The molecule has 0 aliphatic carbocycles. The first kappa shape index (κ1) is 14.5. The Labute approximate surface area is 117 Å². The molecule has 0 unspecified atom stereocenters. The van der Waals surface area contributed by atoms with Crippen LogP contribution in [0.3, 0.4) is 0 Å². The third-order valence-corrected chi connectivity index (χ3v) is 4.08. The van der Waals surface area contributed by atoms with Crippen molar-refractivity contribution >= 4 is 21.4 Å². The average Bonchev–Trinajstić information content (AvgIpc) is 2.78. The number of likely N-dealkylation sites (N-methyl/N-ethyl adjacent to an activating group) is 1. The summed E-state index contributed by atoms with van der Waals surface area (Å²) in [7, 11) is -1.99. The fourth-order valence-corrected chi connectivity index (χ4v) is 1.99. The lowest BCUT2D eigenvalue weighted by Gasteiger charge is -2.13. The molecular formula is C12H16N4O3S. The second kappa shape index (κ2) is 5.59. The number of rotatable bonds is 5. The Balaban J connectivity index is 1.93. The molecule has 0 saturated carbocycles. The molecule has 0 aromatic carbocycles. The first-order chi connectivity index (χ1) is 9.36. The molecule has 1 amide bonds. The minimum Gasteiger partial charge on any atom is -0.349 e. The number of fused-ring (bicyclic) bond motifs is 1. The molecular weight excluding hydrogens is 280 g/mol. The monoisotopic (exact) mass is 296 g/mol. The van der Waals surface area contributed by atoms with Crippen LogP contribution in [-0.4, -0.2) is 48.1 Å². The first-order valence-electron chi connectivity index (χ1n) is 5.97. The highest BCUT2D eigenvalue weighted by atomic mass is 32.2. The Kier molecular flexibility index (Phi) is 4.05. The number of carbonyl (C=O) groups is 1. The van der Waals surface area contributed by atoms with Crippen molar-refractivity contribution < 1.29 is 13.2 Å². The highest BCUT2D eigenvalue weighted by molar-refractivity contribution is 7.88. The predicted molar refractivity (Wildman–Crippen MR) is 74.5 cm³/mol. The lowest BCUT2D eigenvalue weighted by molar-refractivity contribution is -0.121. The van der Waals surface area contributed by atoms with Crippen LogP contribution < -0.4 is 5.32 Å². The summed E-state index contributed by atoms with van der Waals surface area (Å²) in [6.45, 7) is 0.0598. The van der Waals surface area contributed by atoms with Gasteiger partial charge < -0.3 is 5.32 Å². The summed E-state index contributed by atoms with van der Waals surface area (Å²) < 4.78 is 25.1. The van der Waals surface area contributed by atoms with Gasteiger partial charge in [0.25, 0.3) is 0 Å². The van der Waals surface area contributed by atoms with Gasteiger partial charge in [-0.1, -0.05) is 6.07 Å². The van der Waals surface area contributed by atoms with E-state index in [1.807, 2.05) is 30.5 Å². The van der Waals surface area contributed by atoms with Gasteiger partial charge in [-0.3, -0.25) is 4.79 Å². The molecule has 8 heteroatoms. The smallest absolute Gasteiger partial charge is 0.235 e. The zero-order valence-electron chi connectivity index (χ0n) is 11.3. The van der Waals surface area contributed by atoms with Gasteiger partial charge in [0, 0.05) is 13.2 Å². The van der Waals surface area contributed by atoms with E-state index in [2.05, 4.69) is 10.4 Å². The third-order valence-electron chi connectivity index (χ3n) is 2.82. The Morgan fingerprint density at radius 3 is 2.85 bits per heavy atom. The second-order valence-electron chi connectivity index (χ2n) is 4.50. The van der Waals surface area contributed by atoms with Crippen molar-refractivity contribution in [1.82, 2.24) is 19.2 Å². The Morgan fingerprint density at radius 1 is 1.45 bits per heavy atom. The molecule has 0 radical (unpaired) electrons. The normalized spacial score (nSPS) is 11.9. The minimum atomic E-state index is -3.35. The van der Waals surface area contributed by atoms with Crippen molar-refractivity contribution in [2.45, 2.75) is 6.54 Å². The van der Waals surface area contributed by atoms with Crippen LogP contribution in [0.1, 0.15) is 5.69 Å². The van der Waals surface area contributed by atoms with Crippen LogP contribution in [0.2, 0.25) is 0 Å². The Bertz CT molecular complexity index is 690. The summed E-state index contributed by atoms with van der Waals surface area (Å²) in [4.78, 5) is 11.6. The molecule has 2 aromatic heterocycles. The van der Waals surface area contributed by atoms with E-state index in [0.717, 1.165) is 16.1 Å². The van der Waals surface area contributed by atoms with Crippen molar-refractivity contribution in [3.8, 4) is 0 Å². The van der Waals surface area contributed by atoms with E-state index in [-0.39, 0.29) is 19.0 Å². The summed E-state index contributed by atoms with van der Waals surface area (Å²) in [6.07, 6.45) is 2.88. The fourth-order valence-electron chi connectivity index (χ4n) is 1.64. The second-order valence-corrected chi connectivity index (χ2v) is 6.59. The summed E-state index contributed by atoms with van der Waals surface area (Å²) in [5.41, 5.74) is 1.65. The Morgan fingerprint density at radius 2 is 2.20 bits per heavy atom. The maximum Gasteiger partial charge on any atom is 0.235 e. The quantitative estimate of drug-likeness (QED) is 0.831. The van der Waals surface area contributed by atoms with E-state index >= 15 is 0 Å². The molecule has 0 fully saturated rings. The molecule has 108 valence electrons. The standard InChI is InChI=1S/C12H16N4O3S/c1-15(20(2,18)19)9-12(17)13-8-10-7-11-5-3-4-6-16(11)14-10/h3-7H,8-9H2,1-2H3,(H,13,17). The molecule has 0 bridgehead atoms. The lowest BCUT2D eigenvalue weighted by Crippen LogP contribution is -2.37. The molecule has 0 atom stereocenters. The van der Waals surface area contributed by atoms with E-state index in [4.69, 9.17) is 0 Å². The number of amides is 1. The molecule has 0 saturated heterocycles. The van der Waals surface area contributed by atoms with Gasteiger partial charge in [0.2, 0.25) is 15.9 Å². The van der Waals surface area contributed by atoms with Gasteiger partial charge in [-0.05, 0) is 18.2 Å². The van der Waals surface area contributed by atoms with E-state index in [0.29, 0.717) is 5.69 Å². The molecule has 20 heavy (non-hydrogen) atoms. The van der Waals surface area contributed by atoms with Crippen molar-refractivity contribution in [2.75, 3.05) is 19.8 Å². The van der Waals surface area contributed by atoms with Crippen molar-refractivity contribution in [3.05, 3.63) is 36.2 Å². The van der Waals surface area contributed by atoms with Gasteiger partial charge >= 0.3 is 0 Å². The topological polar surface area (TPSA) is 83.8 Å². The highest BCUT2D eigenvalue weighted by Gasteiger charge is 2.15. The van der Waals surface area contributed by atoms with Gasteiger partial charge in [0.1, 0.15) is 0 Å². The van der Waals surface area contributed by atoms with Crippen molar-refractivity contribution in [2.24, 2.45) is 0 Å². The third kappa shape index (κ3) is 3.55. The summed E-state index contributed by atoms with van der Waals surface area (Å²) in [5, 5.41) is 6.92. The zero-order chi connectivity index (χ0) is 14.8. The van der Waals surface area contributed by atoms with E-state index < -0.39 is 10.0 Å². The van der Waals surface area contributed by atoms with Crippen LogP contribution in [0, 0.1) is 0 Å².